The molecule has 0 aromatic heterocycles. The van der Waals surface area contributed by atoms with Gasteiger partial charge in [-0.05, 0) is 55.7 Å². The zero-order valence-electron chi connectivity index (χ0n) is 25.4. The number of esters is 1. The first-order valence-electron chi connectivity index (χ1n) is 14.4. The minimum atomic E-state index is -0.346. The molecule has 220 valence electrons. The van der Waals surface area contributed by atoms with E-state index in [1.54, 1.807) is 30.3 Å². The SMILES string of the molecule is CC.CCCCCCCCOc1ccccc1C(=O)Nc1ccc(C(=O)OCCCC[N+](C)(C)C)cc1.CO. The molecule has 0 saturated carbocycles. The van der Waals surface area contributed by atoms with E-state index in [1.807, 2.05) is 32.0 Å². The van der Waals surface area contributed by atoms with Crippen LogP contribution in [0.5, 0.6) is 5.75 Å². The predicted molar refractivity (Wildman–Crippen MR) is 162 cm³/mol. The summed E-state index contributed by atoms with van der Waals surface area (Å²) in [5.74, 6) is 0.00158. The van der Waals surface area contributed by atoms with Gasteiger partial charge in [0.25, 0.3) is 5.91 Å². The Morgan fingerprint density at radius 2 is 1.38 bits per heavy atom. The number of hydrogen-bond donors (Lipinski definition) is 2. The Balaban J connectivity index is 0.00000344. The van der Waals surface area contributed by atoms with Gasteiger partial charge in [-0.25, -0.2) is 4.79 Å². The molecule has 0 fully saturated rings. The normalized spacial score (nSPS) is 10.4. The van der Waals surface area contributed by atoms with E-state index in [1.165, 1.54) is 25.7 Å². The van der Waals surface area contributed by atoms with E-state index >= 15 is 0 Å². The Morgan fingerprint density at radius 3 is 2.03 bits per heavy atom. The van der Waals surface area contributed by atoms with E-state index in [0.29, 0.717) is 35.8 Å². The maximum atomic E-state index is 12.9. The quantitative estimate of drug-likeness (QED) is 0.135. The maximum absolute atomic E-state index is 12.9. The minimum absolute atomic E-state index is 0.240. The molecule has 2 aromatic rings. The lowest BCUT2D eigenvalue weighted by molar-refractivity contribution is -0.870. The van der Waals surface area contributed by atoms with Crippen molar-refractivity contribution in [1.29, 1.82) is 0 Å². The van der Waals surface area contributed by atoms with Crippen molar-refractivity contribution in [1.82, 2.24) is 0 Å². The van der Waals surface area contributed by atoms with Crippen LogP contribution in [0.2, 0.25) is 0 Å². The molecular formula is C32H53N2O5+. The number of quaternary nitrogens is 1. The van der Waals surface area contributed by atoms with Crippen LogP contribution in [-0.4, -0.2) is 69.5 Å². The molecule has 0 heterocycles. The molecule has 0 unspecified atom stereocenters. The Labute approximate surface area is 237 Å². The van der Waals surface area contributed by atoms with Crippen LogP contribution in [0.1, 0.15) is 92.9 Å². The Hall–Kier alpha value is -2.90. The summed E-state index contributed by atoms with van der Waals surface area (Å²) in [6.07, 6.45) is 8.97. The Bertz CT molecular complexity index is 908. The fourth-order valence-electron chi connectivity index (χ4n) is 3.67. The first-order valence-corrected chi connectivity index (χ1v) is 14.4. The van der Waals surface area contributed by atoms with Gasteiger partial charge in [0.15, 0.2) is 0 Å². The Kier molecular flexibility index (Phi) is 20.3. The van der Waals surface area contributed by atoms with Crippen LogP contribution in [0.4, 0.5) is 5.69 Å². The van der Waals surface area contributed by atoms with Crippen molar-refractivity contribution in [3.63, 3.8) is 0 Å². The number of amides is 1. The molecule has 0 aliphatic heterocycles. The maximum Gasteiger partial charge on any atom is 0.338 e. The third-order valence-electron chi connectivity index (χ3n) is 5.72. The molecule has 0 aliphatic carbocycles. The van der Waals surface area contributed by atoms with Gasteiger partial charge in [-0.1, -0.05) is 65.0 Å². The molecule has 7 heteroatoms. The molecule has 0 spiro atoms. The number of benzene rings is 2. The van der Waals surface area contributed by atoms with Gasteiger partial charge in [-0.15, -0.1) is 0 Å². The lowest BCUT2D eigenvalue weighted by Gasteiger charge is -2.23. The van der Waals surface area contributed by atoms with Crippen molar-refractivity contribution in [2.45, 2.75) is 72.1 Å². The van der Waals surface area contributed by atoms with Crippen molar-refractivity contribution < 1.29 is 28.7 Å². The number of unbranched alkanes of at least 4 members (excludes halogenated alkanes) is 6. The molecule has 7 nitrogen and oxygen atoms in total. The zero-order chi connectivity index (χ0) is 29.5. The fraction of sp³-hybridized carbons (Fsp3) is 0.562. The van der Waals surface area contributed by atoms with Gasteiger partial charge in [0.2, 0.25) is 0 Å². The van der Waals surface area contributed by atoms with Gasteiger partial charge >= 0.3 is 5.97 Å². The largest absolute Gasteiger partial charge is 0.493 e. The zero-order valence-corrected chi connectivity index (χ0v) is 25.4. The number of anilines is 1. The smallest absolute Gasteiger partial charge is 0.338 e. The molecule has 0 saturated heterocycles. The van der Waals surface area contributed by atoms with Gasteiger partial charge in [-0.2, -0.15) is 0 Å². The van der Waals surface area contributed by atoms with Crippen LogP contribution >= 0.6 is 0 Å². The Morgan fingerprint density at radius 1 is 0.795 bits per heavy atom. The number of nitrogens with one attached hydrogen (secondary N) is 1. The van der Waals surface area contributed by atoms with Crippen LogP contribution in [0.25, 0.3) is 0 Å². The number of carbonyl (C=O) groups is 2. The average Bonchev–Trinajstić information content (AvgIpc) is 2.94. The molecule has 0 aliphatic rings. The number of ether oxygens (including phenoxy) is 2. The standard InChI is InChI=1S/C29H42N2O4.C2H6.CH4O/c1-5-6-7-8-9-13-22-34-27-16-11-10-15-26(27)28(32)30-25-19-17-24(18-20-25)29(33)35-23-14-12-21-31(2,3)4;2*1-2/h10-11,15-20H,5-9,12-14,21-23H2,1-4H3;1-2H3;2H,1H3/p+1. The second-order valence-electron chi connectivity index (χ2n) is 10.0. The summed E-state index contributed by atoms with van der Waals surface area (Å²) in [7, 11) is 7.44. The van der Waals surface area contributed by atoms with E-state index in [9.17, 15) is 9.59 Å². The molecule has 2 N–H and O–H groups in total. The van der Waals surface area contributed by atoms with E-state index in [0.717, 1.165) is 43.8 Å². The minimum Gasteiger partial charge on any atom is -0.493 e. The number of aliphatic hydroxyl groups is 1. The number of carbonyl (C=O) groups excluding carboxylic acids is 2. The van der Waals surface area contributed by atoms with Gasteiger partial charge in [-0.3, -0.25) is 4.79 Å². The van der Waals surface area contributed by atoms with Crippen LogP contribution in [-0.2, 0) is 4.74 Å². The second-order valence-corrected chi connectivity index (χ2v) is 10.0. The highest BCUT2D eigenvalue weighted by atomic mass is 16.5. The third kappa shape index (κ3) is 16.6. The van der Waals surface area contributed by atoms with Crippen molar-refractivity contribution in [2.75, 3.05) is 53.3 Å². The van der Waals surface area contributed by atoms with Gasteiger partial charge in [0.05, 0.1) is 52.0 Å². The number of rotatable bonds is 16. The number of para-hydroxylation sites is 1. The first kappa shape index (κ1) is 36.1. The van der Waals surface area contributed by atoms with E-state index in [2.05, 4.69) is 33.4 Å². The number of aliphatic hydroxyl groups excluding tert-OH is 1. The highest BCUT2D eigenvalue weighted by Crippen LogP contribution is 2.21. The lowest BCUT2D eigenvalue weighted by atomic mass is 10.1. The molecular weight excluding hydrogens is 492 g/mol. The summed E-state index contributed by atoms with van der Waals surface area (Å²) >= 11 is 0. The fourth-order valence-corrected chi connectivity index (χ4v) is 3.67. The third-order valence-corrected chi connectivity index (χ3v) is 5.72. The van der Waals surface area contributed by atoms with Crippen molar-refractivity contribution >= 4 is 17.6 Å². The highest BCUT2D eigenvalue weighted by Gasteiger charge is 2.14. The van der Waals surface area contributed by atoms with Crippen LogP contribution in [0.3, 0.4) is 0 Å². The summed E-state index contributed by atoms with van der Waals surface area (Å²) in [6.45, 7) is 8.26. The van der Waals surface area contributed by atoms with Gasteiger partial charge in [0, 0.05) is 12.8 Å². The molecule has 0 atom stereocenters. The topological polar surface area (TPSA) is 84.9 Å². The monoisotopic (exact) mass is 545 g/mol. The molecule has 0 radical (unpaired) electrons. The van der Waals surface area contributed by atoms with Gasteiger partial charge in [0.1, 0.15) is 5.75 Å². The summed E-state index contributed by atoms with van der Waals surface area (Å²) in [5.41, 5.74) is 1.58. The second kappa shape index (κ2) is 22.0. The summed E-state index contributed by atoms with van der Waals surface area (Å²) in [4.78, 5) is 25.1. The molecule has 39 heavy (non-hydrogen) atoms. The summed E-state index contributed by atoms with van der Waals surface area (Å²) in [6, 6.07) is 14.1. The highest BCUT2D eigenvalue weighted by molar-refractivity contribution is 6.06. The van der Waals surface area contributed by atoms with E-state index in [-0.39, 0.29) is 11.9 Å². The molecule has 2 aromatic carbocycles. The van der Waals surface area contributed by atoms with Crippen molar-refractivity contribution in [2.24, 2.45) is 0 Å². The predicted octanol–water partition coefficient (Wildman–Crippen LogP) is 6.96. The van der Waals surface area contributed by atoms with Crippen molar-refractivity contribution in [3.05, 3.63) is 59.7 Å². The average molecular weight is 546 g/mol. The molecule has 2 rings (SSSR count). The van der Waals surface area contributed by atoms with E-state index in [4.69, 9.17) is 14.6 Å². The molecule has 1 amide bonds. The van der Waals surface area contributed by atoms with Crippen LogP contribution in [0, 0.1) is 0 Å². The summed E-state index contributed by atoms with van der Waals surface area (Å²) < 4.78 is 12.2. The van der Waals surface area contributed by atoms with Crippen molar-refractivity contribution in [3.8, 4) is 5.75 Å². The van der Waals surface area contributed by atoms with Crippen LogP contribution < -0.4 is 10.1 Å². The first-order chi connectivity index (χ1) is 18.8. The van der Waals surface area contributed by atoms with E-state index < -0.39 is 0 Å². The number of hydrogen-bond acceptors (Lipinski definition) is 5. The van der Waals surface area contributed by atoms with Gasteiger partial charge < -0.3 is 24.4 Å². The molecule has 0 bridgehead atoms. The van der Waals surface area contributed by atoms with Crippen LogP contribution in [0.15, 0.2) is 48.5 Å². The lowest BCUT2D eigenvalue weighted by Crippen LogP contribution is -2.35. The summed E-state index contributed by atoms with van der Waals surface area (Å²) in [5, 5.41) is 9.89. The number of nitrogens with zero attached hydrogens (tertiary/aromatic N) is 1.